The van der Waals surface area contributed by atoms with Gasteiger partial charge in [0.05, 0.1) is 0 Å². The molecule has 0 atom stereocenters. The molecule has 0 saturated heterocycles. The number of benzene rings is 1. The van der Waals surface area contributed by atoms with Crippen molar-refractivity contribution < 1.29 is 5.48 Å². The smallest absolute Gasteiger partial charge is 0.0270 e. The Kier molecular flexibility index (Phi) is 1.60. The third-order valence-electron chi connectivity index (χ3n) is 3.22. The Morgan fingerprint density at radius 3 is 2.21 bits per heavy atom. The van der Waals surface area contributed by atoms with Gasteiger partial charge in [-0.05, 0) is 42.2 Å². The minimum Gasteiger partial charge on any atom is -0.0654 e. The summed E-state index contributed by atoms with van der Waals surface area (Å²) in [5.41, 5.74) is 1.73. The summed E-state index contributed by atoms with van der Waals surface area (Å²) in [6, 6.07) is 8.02. The molecule has 1 aromatic carbocycles. The Labute approximate surface area is 93.0 Å². The predicted molar refractivity (Wildman–Crippen MR) is 61.5 cm³/mol. The van der Waals surface area contributed by atoms with Gasteiger partial charge in [-0.15, -0.1) is 0 Å². The number of rotatable bonds is 3. The number of fused-ring (bicyclic) bond motifs is 1. The Balaban J connectivity index is 2.38. The lowest BCUT2D eigenvalue weighted by atomic mass is 9.78. The summed E-state index contributed by atoms with van der Waals surface area (Å²) < 4.78 is 31.9. The van der Waals surface area contributed by atoms with Crippen LogP contribution in [0, 0.1) is 5.41 Å². The fraction of sp³-hybridized carbons (Fsp3) is 0.571. The van der Waals surface area contributed by atoms with Gasteiger partial charge in [0.25, 0.3) is 0 Å². The van der Waals surface area contributed by atoms with Gasteiger partial charge in [0, 0.05) is 5.48 Å². The van der Waals surface area contributed by atoms with Gasteiger partial charge in [-0.25, -0.2) is 0 Å². The van der Waals surface area contributed by atoms with Crippen molar-refractivity contribution >= 4 is 0 Å². The van der Waals surface area contributed by atoms with Crippen molar-refractivity contribution in [2.45, 2.75) is 45.9 Å². The second kappa shape index (κ2) is 3.76. The SMILES string of the molecule is [2H]C([2H])(C)CC1(C([2H])([2H])C)Cc2ccccc2C1. The van der Waals surface area contributed by atoms with Crippen molar-refractivity contribution in [2.75, 3.05) is 0 Å². The van der Waals surface area contributed by atoms with Crippen LogP contribution in [0.5, 0.6) is 0 Å². The van der Waals surface area contributed by atoms with Crippen LogP contribution in [0.15, 0.2) is 24.3 Å². The van der Waals surface area contributed by atoms with Crippen molar-refractivity contribution in [1.29, 1.82) is 0 Å². The first-order chi connectivity index (χ1) is 8.13. The van der Waals surface area contributed by atoms with E-state index in [2.05, 4.69) is 0 Å². The maximum Gasteiger partial charge on any atom is 0.0270 e. The van der Waals surface area contributed by atoms with Gasteiger partial charge >= 0.3 is 0 Å². The first-order valence-electron chi connectivity index (χ1n) is 7.20. The second-order valence-electron chi connectivity index (χ2n) is 4.18. The van der Waals surface area contributed by atoms with Gasteiger partial charge in [0.15, 0.2) is 0 Å². The fourth-order valence-corrected chi connectivity index (χ4v) is 2.42. The average molecular weight is 192 g/mol. The van der Waals surface area contributed by atoms with Crippen LogP contribution >= 0.6 is 0 Å². The highest BCUT2D eigenvalue weighted by Crippen LogP contribution is 2.42. The molecule has 0 nitrogen and oxygen atoms in total. The topological polar surface area (TPSA) is 0 Å². The van der Waals surface area contributed by atoms with Crippen LogP contribution in [0.4, 0.5) is 0 Å². The summed E-state index contributed by atoms with van der Waals surface area (Å²) in [6.45, 7) is 3.13. The van der Waals surface area contributed by atoms with Crippen molar-refractivity contribution in [1.82, 2.24) is 0 Å². The molecule has 76 valence electrons. The Morgan fingerprint density at radius 1 is 1.21 bits per heavy atom. The average Bonchev–Trinajstić information content (AvgIpc) is 2.52. The Hall–Kier alpha value is -0.780. The molecule has 0 aliphatic heterocycles. The molecule has 0 N–H and O–H groups in total. The molecule has 1 aliphatic rings. The predicted octanol–water partition coefficient (Wildman–Crippen LogP) is 3.98. The Bertz CT molecular complexity index is 415. The molecule has 0 amide bonds. The lowest BCUT2D eigenvalue weighted by molar-refractivity contribution is 0.264. The zero-order valence-electron chi connectivity index (χ0n) is 12.9. The van der Waals surface area contributed by atoms with Gasteiger partial charge < -0.3 is 0 Å². The van der Waals surface area contributed by atoms with E-state index in [9.17, 15) is 0 Å². The van der Waals surface area contributed by atoms with E-state index < -0.39 is 18.2 Å². The molecule has 1 aliphatic carbocycles. The van der Waals surface area contributed by atoms with E-state index in [0.717, 1.165) is 0 Å². The van der Waals surface area contributed by atoms with Gasteiger partial charge in [-0.2, -0.15) is 0 Å². The summed E-state index contributed by atoms with van der Waals surface area (Å²) in [7, 11) is 0. The zero-order chi connectivity index (χ0) is 13.6. The van der Waals surface area contributed by atoms with E-state index >= 15 is 0 Å². The van der Waals surface area contributed by atoms with Crippen molar-refractivity contribution in [3.05, 3.63) is 35.4 Å². The largest absolute Gasteiger partial charge is 0.0654 e. The standard InChI is InChI=1S/C14H20/c1-3-9-14(4-2)10-12-7-5-6-8-13(12)11-14/h5-8H,3-4,9-11H2,1-2H3/i3D2,4D2. The molecule has 0 bridgehead atoms. The normalized spacial score (nSPS) is 24.4. The minimum atomic E-state index is -1.38. The summed E-state index contributed by atoms with van der Waals surface area (Å²) >= 11 is 0. The van der Waals surface area contributed by atoms with E-state index in [1.807, 2.05) is 24.3 Å². The summed E-state index contributed by atoms with van der Waals surface area (Å²) in [5, 5.41) is 0. The molecule has 0 spiro atoms. The fourth-order valence-electron chi connectivity index (χ4n) is 2.42. The van der Waals surface area contributed by atoms with Crippen molar-refractivity contribution in [3.8, 4) is 0 Å². The van der Waals surface area contributed by atoms with Gasteiger partial charge in [0.2, 0.25) is 0 Å². The molecule has 0 saturated carbocycles. The molecule has 0 heteroatoms. The van der Waals surface area contributed by atoms with Crippen LogP contribution in [-0.2, 0) is 12.8 Å². The highest BCUT2D eigenvalue weighted by Gasteiger charge is 2.34. The second-order valence-corrected chi connectivity index (χ2v) is 4.18. The van der Waals surface area contributed by atoms with Gasteiger partial charge in [-0.1, -0.05) is 44.5 Å². The minimum absolute atomic E-state index is 0.262. The monoisotopic (exact) mass is 192 g/mol. The summed E-state index contributed by atoms with van der Waals surface area (Å²) in [5.74, 6) is 0. The summed E-state index contributed by atoms with van der Waals surface area (Å²) in [4.78, 5) is 0. The highest BCUT2D eigenvalue weighted by molar-refractivity contribution is 5.34. The third kappa shape index (κ3) is 1.58. The van der Waals surface area contributed by atoms with E-state index in [1.54, 1.807) is 13.8 Å². The van der Waals surface area contributed by atoms with Crippen LogP contribution in [0.2, 0.25) is 0 Å². The maximum atomic E-state index is 8.13. The van der Waals surface area contributed by atoms with Gasteiger partial charge in [0.1, 0.15) is 0 Å². The molecule has 0 heterocycles. The van der Waals surface area contributed by atoms with Crippen molar-refractivity contribution in [3.63, 3.8) is 0 Å². The summed E-state index contributed by atoms with van der Waals surface area (Å²) in [6.07, 6.45) is -1.18. The first kappa shape index (κ1) is 5.95. The molecule has 0 radical (unpaired) electrons. The number of hydrogen-bond donors (Lipinski definition) is 0. The number of hydrogen-bond acceptors (Lipinski definition) is 0. The van der Waals surface area contributed by atoms with E-state index in [-0.39, 0.29) is 6.42 Å². The molecule has 0 aromatic heterocycles. The van der Waals surface area contributed by atoms with Crippen LogP contribution in [0.1, 0.15) is 49.6 Å². The highest BCUT2D eigenvalue weighted by atomic mass is 14.4. The van der Waals surface area contributed by atoms with Crippen molar-refractivity contribution in [2.24, 2.45) is 5.41 Å². The molecule has 1 aromatic rings. The molecule has 14 heavy (non-hydrogen) atoms. The quantitative estimate of drug-likeness (QED) is 0.679. The zero-order valence-corrected chi connectivity index (χ0v) is 8.93. The van der Waals surface area contributed by atoms with Gasteiger partial charge in [-0.3, -0.25) is 0 Å². The molecular weight excluding hydrogens is 168 g/mol. The van der Waals surface area contributed by atoms with E-state index in [4.69, 9.17) is 5.48 Å². The maximum absolute atomic E-state index is 8.13. The lowest BCUT2D eigenvalue weighted by Crippen LogP contribution is -2.19. The van der Waals surface area contributed by atoms with Crippen LogP contribution in [-0.4, -0.2) is 0 Å². The molecule has 0 unspecified atom stereocenters. The van der Waals surface area contributed by atoms with Crippen LogP contribution in [0.3, 0.4) is 0 Å². The van der Waals surface area contributed by atoms with Crippen LogP contribution in [0.25, 0.3) is 0 Å². The lowest BCUT2D eigenvalue weighted by Gasteiger charge is -2.26. The van der Waals surface area contributed by atoms with E-state index in [0.29, 0.717) is 12.8 Å². The first-order valence-corrected chi connectivity index (χ1v) is 5.20. The van der Waals surface area contributed by atoms with E-state index in [1.165, 1.54) is 11.1 Å². The third-order valence-corrected chi connectivity index (χ3v) is 3.22. The van der Waals surface area contributed by atoms with Crippen LogP contribution < -0.4 is 0 Å². The molecule has 2 rings (SSSR count). The molecule has 0 fully saturated rings. The Morgan fingerprint density at radius 2 is 1.79 bits per heavy atom. The molecular formula is C14H20.